The zero-order valence-electron chi connectivity index (χ0n) is 23.5. The van der Waals surface area contributed by atoms with Gasteiger partial charge in [-0.2, -0.15) is 11.8 Å². The molecule has 0 radical (unpaired) electrons. The number of aryl methyl sites for hydroxylation is 1. The molecule has 1 fully saturated rings. The van der Waals surface area contributed by atoms with Crippen molar-refractivity contribution in [2.75, 3.05) is 5.75 Å². The van der Waals surface area contributed by atoms with E-state index in [9.17, 15) is 15.0 Å². The van der Waals surface area contributed by atoms with E-state index in [1.54, 1.807) is 0 Å². The summed E-state index contributed by atoms with van der Waals surface area (Å²) in [5.74, 6) is -0.168. The van der Waals surface area contributed by atoms with Gasteiger partial charge in [0, 0.05) is 21.6 Å². The highest BCUT2D eigenvalue weighted by Gasteiger charge is 2.42. The van der Waals surface area contributed by atoms with Crippen LogP contribution in [0, 0.1) is 5.41 Å². The zero-order valence-corrected chi connectivity index (χ0v) is 25.0. The van der Waals surface area contributed by atoms with E-state index in [0.29, 0.717) is 5.02 Å². The SMILES string of the molecule is CC(C)(O)c1ccccc1CCC(SCC1(CC(=O)[O-])CC1)c1cccc(C=Cc2ccc3ccc(Cl)cc3n2)c1. The number of pyridine rings is 1. The number of carboxylic acids is 1. The van der Waals surface area contributed by atoms with Gasteiger partial charge in [0.15, 0.2) is 0 Å². The summed E-state index contributed by atoms with van der Waals surface area (Å²) in [6, 6.07) is 26.4. The van der Waals surface area contributed by atoms with Crippen LogP contribution in [-0.2, 0) is 16.8 Å². The number of carbonyl (C=O) groups excluding carboxylic acids is 1. The molecule has 5 rings (SSSR count). The Bertz CT molecular complexity index is 1570. The quantitative estimate of drug-likeness (QED) is 0.185. The van der Waals surface area contributed by atoms with Crippen LogP contribution in [0.15, 0.2) is 78.9 Å². The third-order valence-electron chi connectivity index (χ3n) is 7.82. The van der Waals surface area contributed by atoms with Crippen LogP contribution in [0.1, 0.15) is 72.7 Å². The fourth-order valence-electron chi connectivity index (χ4n) is 5.34. The van der Waals surface area contributed by atoms with Crippen LogP contribution >= 0.6 is 23.4 Å². The van der Waals surface area contributed by atoms with Gasteiger partial charge in [0.2, 0.25) is 0 Å². The number of halogens is 1. The van der Waals surface area contributed by atoms with E-state index in [4.69, 9.17) is 16.6 Å². The maximum absolute atomic E-state index is 11.4. The van der Waals surface area contributed by atoms with Crippen LogP contribution < -0.4 is 5.11 Å². The summed E-state index contributed by atoms with van der Waals surface area (Å²) in [5, 5.41) is 24.0. The Morgan fingerprint density at radius 2 is 1.85 bits per heavy atom. The van der Waals surface area contributed by atoms with E-state index in [1.807, 2.05) is 80.2 Å². The van der Waals surface area contributed by atoms with E-state index in [0.717, 1.165) is 64.7 Å². The number of nitrogens with zero attached hydrogens (tertiary/aromatic N) is 1. The minimum atomic E-state index is -0.963. The van der Waals surface area contributed by atoms with Crippen LogP contribution in [-0.4, -0.2) is 21.8 Å². The molecule has 1 aromatic heterocycles. The Morgan fingerprint density at radius 1 is 1.07 bits per heavy atom. The van der Waals surface area contributed by atoms with Crippen LogP contribution in [0.5, 0.6) is 0 Å². The van der Waals surface area contributed by atoms with E-state index >= 15 is 0 Å². The molecule has 0 aliphatic heterocycles. The van der Waals surface area contributed by atoms with E-state index in [1.165, 1.54) is 5.56 Å². The maximum Gasteiger partial charge on any atom is 0.0843 e. The highest BCUT2D eigenvalue weighted by molar-refractivity contribution is 7.99. The average molecular weight is 585 g/mol. The number of thioether (sulfide) groups is 1. The fourth-order valence-corrected chi connectivity index (χ4v) is 7.08. The molecule has 1 saturated carbocycles. The van der Waals surface area contributed by atoms with Gasteiger partial charge in [-0.3, -0.25) is 0 Å². The first-order chi connectivity index (χ1) is 19.6. The molecule has 0 saturated heterocycles. The second-order valence-electron chi connectivity index (χ2n) is 11.7. The van der Waals surface area contributed by atoms with E-state index in [2.05, 4.69) is 36.4 Å². The molecule has 1 aliphatic carbocycles. The monoisotopic (exact) mass is 584 g/mol. The molecule has 1 N–H and O–H groups in total. The largest absolute Gasteiger partial charge is 0.550 e. The molecule has 0 amide bonds. The van der Waals surface area contributed by atoms with Gasteiger partial charge < -0.3 is 15.0 Å². The lowest BCUT2D eigenvalue weighted by Gasteiger charge is -2.24. The Balaban J connectivity index is 1.37. The summed E-state index contributed by atoms with van der Waals surface area (Å²) < 4.78 is 0. The third kappa shape index (κ3) is 7.79. The normalized spacial score (nSPS) is 15.3. The average Bonchev–Trinajstić information content (AvgIpc) is 3.70. The molecule has 3 aromatic carbocycles. The first kappa shape index (κ1) is 29.4. The van der Waals surface area contributed by atoms with Crippen LogP contribution in [0.25, 0.3) is 23.1 Å². The first-order valence-electron chi connectivity index (χ1n) is 14.1. The molecule has 6 heteroatoms. The molecule has 212 valence electrons. The van der Waals surface area contributed by atoms with Crippen molar-refractivity contribution in [3.8, 4) is 0 Å². The van der Waals surface area contributed by atoms with E-state index in [-0.39, 0.29) is 17.1 Å². The highest BCUT2D eigenvalue weighted by atomic mass is 35.5. The Morgan fingerprint density at radius 3 is 2.61 bits per heavy atom. The molecule has 1 unspecified atom stereocenters. The minimum Gasteiger partial charge on any atom is -0.550 e. The topological polar surface area (TPSA) is 73.2 Å². The molecule has 0 bridgehead atoms. The number of carboxylic acid groups (broad SMARTS) is 1. The highest BCUT2D eigenvalue weighted by Crippen LogP contribution is 2.53. The summed E-state index contributed by atoms with van der Waals surface area (Å²) in [4.78, 5) is 16.1. The Kier molecular flexibility index (Phi) is 8.88. The van der Waals surface area contributed by atoms with Crippen LogP contribution in [0.4, 0.5) is 0 Å². The van der Waals surface area contributed by atoms with Gasteiger partial charge >= 0.3 is 0 Å². The molecule has 4 nitrogen and oxygen atoms in total. The lowest BCUT2D eigenvalue weighted by molar-refractivity contribution is -0.307. The zero-order chi connectivity index (χ0) is 29.0. The number of hydrogen-bond donors (Lipinski definition) is 1. The number of hydrogen-bond acceptors (Lipinski definition) is 5. The molecular weight excluding hydrogens is 550 g/mol. The van der Waals surface area contributed by atoms with Gasteiger partial charge in [-0.25, -0.2) is 4.98 Å². The third-order valence-corrected chi connectivity index (χ3v) is 9.75. The first-order valence-corrected chi connectivity index (χ1v) is 15.5. The summed E-state index contributed by atoms with van der Waals surface area (Å²) >= 11 is 8.01. The predicted octanol–water partition coefficient (Wildman–Crippen LogP) is 7.61. The summed E-state index contributed by atoms with van der Waals surface area (Å²) in [7, 11) is 0. The molecule has 1 heterocycles. The standard InChI is InChI=1S/C35H36ClNO3S/c1-34(2,40)30-9-4-3-7-25(30)13-17-32(41-23-35(18-19-35)22-33(38)39)27-8-5-6-24(20-27)10-15-29-16-12-26-11-14-28(36)21-31(26)37-29/h3-12,14-16,20-21,32,40H,13,17-19,22-23H2,1-2H3,(H,38,39)/p-1. The summed E-state index contributed by atoms with van der Waals surface area (Å²) in [6.45, 7) is 3.65. The summed E-state index contributed by atoms with van der Waals surface area (Å²) in [6.07, 6.45) is 7.78. The van der Waals surface area contributed by atoms with Crippen molar-refractivity contribution in [3.05, 3.63) is 112 Å². The minimum absolute atomic E-state index is 0.126. The molecule has 0 spiro atoms. The van der Waals surface area contributed by atoms with Crippen molar-refractivity contribution >= 4 is 52.4 Å². The number of aliphatic carboxylic acids is 1. The smallest absolute Gasteiger partial charge is 0.0843 e. The van der Waals surface area contributed by atoms with Crippen LogP contribution in [0.2, 0.25) is 5.02 Å². The van der Waals surface area contributed by atoms with Gasteiger partial charge in [-0.05, 0) is 104 Å². The molecule has 1 atom stereocenters. The van der Waals surface area contributed by atoms with Crippen molar-refractivity contribution in [1.29, 1.82) is 0 Å². The van der Waals surface area contributed by atoms with Crippen molar-refractivity contribution in [3.63, 3.8) is 0 Å². The lowest BCUT2D eigenvalue weighted by atomic mass is 9.90. The lowest BCUT2D eigenvalue weighted by Crippen LogP contribution is -2.26. The maximum atomic E-state index is 11.4. The van der Waals surface area contributed by atoms with Gasteiger partial charge in [0.25, 0.3) is 0 Å². The number of aliphatic hydroxyl groups is 1. The van der Waals surface area contributed by atoms with E-state index < -0.39 is 11.6 Å². The van der Waals surface area contributed by atoms with Gasteiger partial charge in [0.05, 0.1) is 16.8 Å². The number of rotatable bonds is 12. The number of carbonyl (C=O) groups is 1. The molecule has 4 aromatic rings. The Labute approximate surface area is 251 Å². The number of benzene rings is 3. The predicted molar refractivity (Wildman–Crippen MR) is 169 cm³/mol. The van der Waals surface area contributed by atoms with Crippen LogP contribution in [0.3, 0.4) is 0 Å². The van der Waals surface area contributed by atoms with Crippen molar-refractivity contribution in [2.45, 2.75) is 56.8 Å². The van der Waals surface area contributed by atoms with Crippen molar-refractivity contribution in [2.24, 2.45) is 5.41 Å². The number of fused-ring (bicyclic) bond motifs is 1. The Hall–Kier alpha value is -3.12. The number of aromatic nitrogens is 1. The van der Waals surface area contributed by atoms with Gasteiger partial charge in [-0.15, -0.1) is 0 Å². The fraction of sp³-hybridized carbons (Fsp3) is 0.314. The van der Waals surface area contributed by atoms with Gasteiger partial charge in [-0.1, -0.05) is 78.3 Å². The molecule has 41 heavy (non-hydrogen) atoms. The summed E-state index contributed by atoms with van der Waals surface area (Å²) in [5.41, 5.74) is 5.03. The molecular formula is C35H35ClNO3S-. The van der Waals surface area contributed by atoms with Crippen molar-refractivity contribution in [1.82, 2.24) is 4.98 Å². The molecule has 1 aliphatic rings. The second-order valence-corrected chi connectivity index (χ2v) is 13.3. The second kappa shape index (κ2) is 12.4. The van der Waals surface area contributed by atoms with Gasteiger partial charge in [0.1, 0.15) is 0 Å². The van der Waals surface area contributed by atoms with Crippen molar-refractivity contribution < 1.29 is 15.0 Å².